The van der Waals surface area contributed by atoms with Crippen LogP contribution in [0.5, 0.6) is 0 Å². The topological polar surface area (TPSA) is 21.3 Å². The predicted octanol–water partition coefficient (Wildman–Crippen LogP) is 3.36. The Morgan fingerprint density at radius 2 is 2.06 bits per heavy atom. The Morgan fingerprint density at radius 3 is 2.72 bits per heavy atom. The average Bonchev–Trinajstić information content (AvgIpc) is 2.70. The van der Waals surface area contributed by atoms with Gasteiger partial charge in [-0.15, -0.1) is 0 Å². The molecule has 1 spiro atoms. The summed E-state index contributed by atoms with van der Waals surface area (Å²) >= 11 is 0. The third-order valence-corrected chi connectivity index (χ3v) is 5.99. The Morgan fingerprint density at radius 1 is 1.22 bits per heavy atom. The van der Waals surface area contributed by atoms with Crippen LogP contribution in [0.1, 0.15) is 58.8 Å². The Hall–Kier alpha value is -0.0800. The summed E-state index contributed by atoms with van der Waals surface area (Å²) in [4.78, 5) is 0. The fourth-order valence-corrected chi connectivity index (χ4v) is 4.76. The lowest BCUT2D eigenvalue weighted by Gasteiger charge is -2.49. The summed E-state index contributed by atoms with van der Waals surface area (Å²) in [6.07, 6.45) is 9.58. The zero-order valence-corrected chi connectivity index (χ0v) is 12.1. The van der Waals surface area contributed by atoms with E-state index in [-0.39, 0.29) is 0 Å². The van der Waals surface area contributed by atoms with E-state index in [1.54, 1.807) is 0 Å². The van der Waals surface area contributed by atoms with Gasteiger partial charge in [0, 0.05) is 12.6 Å². The summed E-state index contributed by atoms with van der Waals surface area (Å²) in [5.74, 6) is 2.76. The average molecular weight is 251 g/mol. The number of hydrogen-bond acceptors (Lipinski definition) is 2. The third kappa shape index (κ3) is 2.22. The molecule has 18 heavy (non-hydrogen) atoms. The maximum absolute atomic E-state index is 6.09. The molecule has 0 aromatic heterocycles. The van der Waals surface area contributed by atoms with Crippen LogP contribution in [-0.2, 0) is 4.74 Å². The van der Waals surface area contributed by atoms with Crippen molar-refractivity contribution in [3.8, 4) is 0 Å². The van der Waals surface area contributed by atoms with Gasteiger partial charge in [-0.3, -0.25) is 0 Å². The van der Waals surface area contributed by atoms with Gasteiger partial charge in [0.25, 0.3) is 0 Å². The van der Waals surface area contributed by atoms with E-state index in [4.69, 9.17) is 4.74 Å². The van der Waals surface area contributed by atoms with Crippen molar-refractivity contribution < 1.29 is 4.74 Å². The van der Waals surface area contributed by atoms with Crippen LogP contribution in [0.25, 0.3) is 0 Å². The summed E-state index contributed by atoms with van der Waals surface area (Å²) < 4.78 is 6.09. The van der Waals surface area contributed by atoms with Gasteiger partial charge in [-0.25, -0.2) is 0 Å². The number of nitrogens with one attached hydrogen (secondary N) is 1. The quantitative estimate of drug-likeness (QED) is 0.830. The highest BCUT2D eigenvalue weighted by Gasteiger charge is 2.46. The lowest BCUT2D eigenvalue weighted by molar-refractivity contribution is -0.151. The third-order valence-electron chi connectivity index (χ3n) is 5.99. The second kappa shape index (κ2) is 5.13. The molecule has 2 heteroatoms. The number of hydrogen-bond donors (Lipinski definition) is 1. The molecular weight excluding hydrogens is 222 g/mol. The van der Waals surface area contributed by atoms with Crippen molar-refractivity contribution in [3.63, 3.8) is 0 Å². The molecule has 0 aromatic rings. The molecule has 2 nitrogen and oxygen atoms in total. The van der Waals surface area contributed by atoms with E-state index in [2.05, 4.69) is 19.2 Å². The van der Waals surface area contributed by atoms with Gasteiger partial charge in [-0.2, -0.15) is 0 Å². The second-order valence-corrected chi connectivity index (χ2v) is 6.90. The molecule has 1 N–H and O–H groups in total. The maximum atomic E-state index is 6.09. The minimum atomic E-state index is 0.332. The van der Waals surface area contributed by atoms with E-state index < -0.39 is 0 Å². The van der Waals surface area contributed by atoms with E-state index in [1.807, 2.05) is 0 Å². The van der Waals surface area contributed by atoms with Crippen LogP contribution in [0.15, 0.2) is 0 Å². The van der Waals surface area contributed by atoms with Crippen molar-refractivity contribution in [1.82, 2.24) is 5.32 Å². The molecule has 3 fully saturated rings. The summed E-state index contributed by atoms with van der Waals surface area (Å²) in [6, 6.07) is 0.778. The normalized spacial score (nSPS) is 43.0. The van der Waals surface area contributed by atoms with Crippen LogP contribution in [0, 0.1) is 17.8 Å². The SMILES string of the molecule is CCNC1CCC(C2CCOC3(CCC3)C2)C1C. The minimum absolute atomic E-state index is 0.332. The zero-order valence-electron chi connectivity index (χ0n) is 12.1. The van der Waals surface area contributed by atoms with E-state index in [0.29, 0.717) is 5.60 Å². The highest BCUT2D eigenvalue weighted by Crippen LogP contribution is 2.49. The van der Waals surface area contributed by atoms with Gasteiger partial charge in [0.15, 0.2) is 0 Å². The Balaban J connectivity index is 1.61. The molecule has 0 bridgehead atoms. The molecule has 3 aliphatic rings. The molecule has 1 saturated heterocycles. The molecule has 104 valence electrons. The molecule has 1 heterocycles. The first kappa shape index (κ1) is 12.9. The molecule has 0 aromatic carbocycles. The standard InChI is InChI=1S/C16H29NO/c1-3-17-15-6-5-14(12(15)2)13-7-10-18-16(11-13)8-4-9-16/h12-15,17H,3-11H2,1-2H3. The number of ether oxygens (including phenoxy) is 1. The first-order valence-corrected chi connectivity index (χ1v) is 8.11. The fourth-order valence-electron chi connectivity index (χ4n) is 4.76. The molecule has 2 saturated carbocycles. The van der Waals surface area contributed by atoms with Crippen LogP contribution in [0.3, 0.4) is 0 Å². The smallest absolute Gasteiger partial charge is 0.0685 e. The Bertz CT molecular complexity index is 287. The van der Waals surface area contributed by atoms with Gasteiger partial charge >= 0.3 is 0 Å². The first-order chi connectivity index (χ1) is 8.74. The second-order valence-electron chi connectivity index (χ2n) is 6.90. The van der Waals surface area contributed by atoms with Gasteiger partial charge in [0.1, 0.15) is 0 Å². The molecular formula is C16H29NO. The maximum Gasteiger partial charge on any atom is 0.0685 e. The van der Waals surface area contributed by atoms with Gasteiger partial charge in [0.05, 0.1) is 5.60 Å². The van der Waals surface area contributed by atoms with Crippen molar-refractivity contribution >= 4 is 0 Å². The first-order valence-electron chi connectivity index (χ1n) is 8.11. The Labute approximate surface area is 112 Å². The fraction of sp³-hybridized carbons (Fsp3) is 1.00. The number of rotatable bonds is 3. The molecule has 4 atom stereocenters. The monoisotopic (exact) mass is 251 g/mol. The van der Waals surface area contributed by atoms with E-state index in [1.165, 1.54) is 44.9 Å². The molecule has 0 amide bonds. The van der Waals surface area contributed by atoms with Gasteiger partial charge in [-0.1, -0.05) is 13.8 Å². The van der Waals surface area contributed by atoms with Crippen molar-refractivity contribution in [2.24, 2.45) is 17.8 Å². The van der Waals surface area contributed by atoms with Crippen LogP contribution in [0.2, 0.25) is 0 Å². The highest BCUT2D eigenvalue weighted by molar-refractivity contribution is 4.98. The molecule has 1 aliphatic heterocycles. The summed E-state index contributed by atoms with van der Waals surface area (Å²) in [6.45, 7) is 6.87. The van der Waals surface area contributed by atoms with E-state index in [9.17, 15) is 0 Å². The van der Waals surface area contributed by atoms with E-state index >= 15 is 0 Å². The summed E-state index contributed by atoms with van der Waals surface area (Å²) in [7, 11) is 0. The minimum Gasteiger partial charge on any atom is -0.375 e. The van der Waals surface area contributed by atoms with Crippen LogP contribution < -0.4 is 5.32 Å². The summed E-state index contributed by atoms with van der Waals surface area (Å²) in [5, 5.41) is 3.68. The van der Waals surface area contributed by atoms with E-state index in [0.717, 1.165) is 36.9 Å². The largest absolute Gasteiger partial charge is 0.375 e. The lowest BCUT2D eigenvalue weighted by Crippen LogP contribution is -2.47. The highest BCUT2D eigenvalue weighted by atomic mass is 16.5. The molecule has 0 radical (unpaired) electrons. The van der Waals surface area contributed by atoms with Crippen molar-refractivity contribution in [2.45, 2.75) is 70.4 Å². The van der Waals surface area contributed by atoms with Crippen LogP contribution in [0.4, 0.5) is 0 Å². The van der Waals surface area contributed by atoms with Gasteiger partial charge in [-0.05, 0) is 69.2 Å². The van der Waals surface area contributed by atoms with Crippen molar-refractivity contribution in [3.05, 3.63) is 0 Å². The molecule has 3 rings (SSSR count). The Kier molecular flexibility index (Phi) is 3.68. The van der Waals surface area contributed by atoms with Crippen LogP contribution >= 0.6 is 0 Å². The van der Waals surface area contributed by atoms with Crippen molar-refractivity contribution in [2.75, 3.05) is 13.2 Å². The zero-order chi connectivity index (χ0) is 12.6. The van der Waals surface area contributed by atoms with Crippen LogP contribution in [-0.4, -0.2) is 24.8 Å². The molecule has 4 unspecified atom stereocenters. The summed E-state index contributed by atoms with van der Waals surface area (Å²) in [5.41, 5.74) is 0.332. The van der Waals surface area contributed by atoms with Crippen molar-refractivity contribution in [1.29, 1.82) is 0 Å². The van der Waals surface area contributed by atoms with Gasteiger partial charge < -0.3 is 10.1 Å². The van der Waals surface area contributed by atoms with Gasteiger partial charge in [0.2, 0.25) is 0 Å². The lowest BCUT2D eigenvalue weighted by atomic mass is 9.67. The predicted molar refractivity (Wildman–Crippen MR) is 74.6 cm³/mol. The molecule has 2 aliphatic carbocycles.